The van der Waals surface area contributed by atoms with Gasteiger partial charge in [-0.05, 0) is 43.4 Å². The summed E-state index contributed by atoms with van der Waals surface area (Å²) in [6, 6.07) is 3.03. The normalized spacial score (nSPS) is 16.7. The van der Waals surface area contributed by atoms with Gasteiger partial charge in [0.2, 0.25) is 17.7 Å². The summed E-state index contributed by atoms with van der Waals surface area (Å²) in [6.07, 6.45) is 1.44. The van der Waals surface area contributed by atoms with Crippen molar-refractivity contribution >= 4 is 29.7 Å². The maximum Gasteiger partial charge on any atom is 0.326 e. The van der Waals surface area contributed by atoms with Crippen LogP contribution in [0, 0.1) is 0 Å². The quantitative estimate of drug-likeness (QED) is 0.0972. The Kier molecular flexibility index (Phi) is 10.3. The molecule has 192 valence electrons. The van der Waals surface area contributed by atoms with Crippen molar-refractivity contribution in [2.24, 2.45) is 22.2 Å². The van der Waals surface area contributed by atoms with Gasteiger partial charge in [0, 0.05) is 19.5 Å². The SMILES string of the molecule is NCC(=O)NC(Cc1ccc(O)cc1)C(=O)NC(CCCN=C(N)N)C(=O)N1CCCC1C(=O)O. The molecule has 3 unspecified atom stereocenters. The number of aliphatic imine (C=N–C) groups is 1. The molecule has 10 N–H and O–H groups in total. The number of aliphatic carboxylic acids is 1. The molecule has 3 atom stereocenters. The molecule has 1 aromatic rings. The second-order valence-corrected chi connectivity index (χ2v) is 8.23. The van der Waals surface area contributed by atoms with Crippen molar-refractivity contribution in [3.63, 3.8) is 0 Å². The van der Waals surface area contributed by atoms with Crippen LogP contribution in [0.3, 0.4) is 0 Å². The van der Waals surface area contributed by atoms with E-state index < -0.39 is 41.8 Å². The van der Waals surface area contributed by atoms with Gasteiger partial charge >= 0.3 is 5.97 Å². The van der Waals surface area contributed by atoms with Crippen molar-refractivity contribution in [2.75, 3.05) is 19.6 Å². The highest BCUT2D eigenvalue weighted by Gasteiger charge is 2.38. The Bertz CT molecular complexity index is 933. The molecule has 0 aliphatic carbocycles. The lowest BCUT2D eigenvalue weighted by molar-refractivity contribution is -0.149. The molecule has 0 radical (unpaired) electrons. The molecule has 1 aliphatic heterocycles. The van der Waals surface area contributed by atoms with Crippen LogP contribution < -0.4 is 27.8 Å². The van der Waals surface area contributed by atoms with Crippen LogP contribution in [0.15, 0.2) is 29.3 Å². The van der Waals surface area contributed by atoms with Gasteiger partial charge < -0.3 is 42.9 Å². The fourth-order valence-electron chi connectivity index (χ4n) is 3.85. The molecule has 0 saturated carbocycles. The fourth-order valence-corrected chi connectivity index (χ4v) is 3.85. The van der Waals surface area contributed by atoms with E-state index in [9.17, 15) is 29.4 Å². The first-order chi connectivity index (χ1) is 16.6. The van der Waals surface area contributed by atoms with Gasteiger partial charge in [-0.25, -0.2) is 4.79 Å². The van der Waals surface area contributed by atoms with Crippen LogP contribution in [0.25, 0.3) is 0 Å². The number of nitrogens with zero attached hydrogens (tertiary/aromatic N) is 2. The van der Waals surface area contributed by atoms with Gasteiger partial charge in [-0.15, -0.1) is 0 Å². The first-order valence-electron chi connectivity index (χ1n) is 11.3. The third-order valence-electron chi connectivity index (χ3n) is 5.59. The predicted octanol–water partition coefficient (Wildman–Crippen LogP) is -2.01. The number of likely N-dealkylation sites (tertiary alicyclic amines) is 1. The molecule has 2 rings (SSSR count). The Morgan fingerprint density at radius 1 is 1.11 bits per heavy atom. The number of carbonyl (C=O) groups is 4. The molecule has 13 nitrogen and oxygen atoms in total. The molecule has 1 heterocycles. The van der Waals surface area contributed by atoms with E-state index in [1.807, 2.05) is 0 Å². The molecule has 1 aliphatic rings. The largest absolute Gasteiger partial charge is 0.508 e. The van der Waals surface area contributed by atoms with Gasteiger partial charge in [0.15, 0.2) is 5.96 Å². The van der Waals surface area contributed by atoms with Crippen molar-refractivity contribution in [3.05, 3.63) is 29.8 Å². The van der Waals surface area contributed by atoms with Crippen molar-refractivity contribution < 1.29 is 29.4 Å². The molecular weight excluding hydrogens is 458 g/mol. The smallest absolute Gasteiger partial charge is 0.326 e. The lowest BCUT2D eigenvalue weighted by Gasteiger charge is -2.28. The number of rotatable bonds is 12. The van der Waals surface area contributed by atoms with Crippen LogP contribution in [0.5, 0.6) is 5.75 Å². The summed E-state index contributed by atoms with van der Waals surface area (Å²) >= 11 is 0. The van der Waals surface area contributed by atoms with E-state index >= 15 is 0 Å². The minimum atomic E-state index is -1.11. The molecule has 1 fully saturated rings. The van der Waals surface area contributed by atoms with Crippen LogP contribution in [-0.4, -0.2) is 82.5 Å². The Labute approximate surface area is 202 Å². The molecule has 3 amide bonds. The zero-order valence-corrected chi connectivity index (χ0v) is 19.4. The second kappa shape index (κ2) is 13.1. The number of phenols is 1. The third kappa shape index (κ3) is 8.45. The number of aromatic hydroxyl groups is 1. The van der Waals surface area contributed by atoms with Gasteiger partial charge in [0.1, 0.15) is 23.9 Å². The van der Waals surface area contributed by atoms with Crippen molar-refractivity contribution in [3.8, 4) is 5.75 Å². The van der Waals surface area contributed by atoms with Gasteiger partial charge in [-0.2, -0.15) is 0 Å². The monoisotopic (exact) mass is 491 g/mol. The summed E-state index contributed by atoms with van der Waals surface area (Å²) in [4.78, 5) is 55.1. The van der Waals surface area contributed by atoms with Crippen LogP contribution in [0.1, 0.15) is 31.2 Å². The van der Waals surface area contributed by atoms with Gasteiger partial charge in [-0.1, -0.05) is 12.1 Å². The minimum absolute atomic E-state index is 0.0470. The molecular formula is C22H33N7O6. The topological polar surface area (TPSA) is 226 Å². The highest BCUT2D eigenvalue weighted by Crippen LogP contribution is 2.20. The standard InChI is InChI=1S/C22H33N7O6/c23-12-18(31)27-16(11-13-5-7-14(30)8-6-13)19(32)28-15(3-1-9-26-22(24)25)20(33)29-10-2-4-17(29)21(34)35/h5-8,15-17,30H,1-4,9-12,23H2,(H,27,31)(H,28,32)(H,34,35)(H4,24,25,26). The average Bonchev–Trinajstić information content (AvgIpc) is 3.31. The Morgan fingerprint density at radius 3 is 2.40 bits per heavy atom. The van der Waals surface area contributed by atoms with Gasteiger partial charge in [-0.3, -0.25) is 19.4 Å². The highest BCUT2D eigenvalue weighted by molar-refractivity contribution is 5.94. The number of carbonyl (C=O) groups excluding carboxylic acids is 3. The minimum Gasteiger partial charge on any atom is -0.508 e. The summed E-state index contributed by atoms with van der Waals surface area (Å²) in [5.41, 5.74) is 16.7. The number of benzene rings is 1. The summed E-state index contributed by atoms with van der Waals surface area (Å²) in [6.45, 7) is 0.135. The van der Waals surface area contributed by atoms with E-state index in [4.69, 9.17) is 17.2 Å². The van der Waals surface area contributed by atoms with E-state index in [1.165, 1.54) is 17.0 Å². The number of phenolic OH excluding ortho intramolecular Hbond substituents is 1. The number of amides is 3. The van der Waals surface area contributed by atoms with E-state index in [-0.39, 0.29) is 44.2 Å². The van der Waals surface area contributed by atoms with Crippen molar-refractivity contribution in [2.45, 2.75) is 50.2 Å². The van der Waals surface area contributed by atoms with Crippen LogP contribution in [-0.2, 0) is 25.6 Å². The van der Waals surface area contributed by atoms with Crippen LogP contribution in [0.2, 0.25) is 0 Å². The molecule has 0 spiro atoms. The number of guanidine groups is 1. The molecule has 35 heavy (non-hydrogen) atoms. The Balaban J connectivity index is 2.21. The van der Waals surface area contributed by atoms with E-state index in [2.05, 4.69) is 15.6 Å². The third-order valence-corrected chi connectivity index (χ3v) is 5.59. The van der Waals surface area contributed by atoms with E-state index in [0.717, 1.165) is 0 Å². The lowest BCUT2D eigenvalue weighted by atomic mass is 10.0. The lowest BCUT2D eigenvalue weighted by Crippen LogP contribution is -2.56. The molecule has 1 aromatic carbocycles. The predicted molar refractivity (Wildman–Crippen MR) is 127 cm³/mol. The highest BCUT2D eigenvalue weighted by atomic mass is 16.4. The summed E-state index contributed by atoms with van der Waals surface area (Å²) in [7, 11) is 0. The van der Waals surface area contributed by atoms with Crippen molar-refractivity contribution in [1.82, 2.24) is 15.5 Å². The van der Waals surface area contributed by atoms with E-state index in [0.29, 0.717) is 24.8 Å². The van der Waals surface area contributed by atoms with Crippen LogP contribution >= 0.6 is 0 Å². The van der Waals surface area contributed by atoms with Gasteiger partial charge in [0.25, 0.3) is 0 Å². The molecule has 1 saturated heterocycles. The first kappa shape index (κ1) is 27.4. The fraction of sp³-hybridized carbons (Fsp3) is 0.500. The average molecular weight is 492 g/mol. The summed E-state index contributed by atoms with van der Waals surface area (Å²) in [5, 5.41) is 24.2. The number of nitrogens with two attached hydrogens (primary N) is 3. The number of hydrogen-bond acceptors (Lipinski definition) is 7. The molecule has 0 aromatic heterocycles. The number of hydrogen-bond donors (Lipinski definition) is 7. The Morgan fingerprint density at radius 2 is 1.80 bits per heavy atom. The van der Waals surface area contributed by atoms with Crippen LogP contribution in [0.4, 0.5) is 0 Å². The van der Waals surface area contributed by atoms with Crippen molar-refractivity contribution in [1.29, 1.82) is 0 Å². The number of carboxylic acids is 1. The zero-order chi connectivity index (χ0) is 26.0. The Hall–Kier alpha value is -3.87. The maximum atomic E-state index is 13.2. The molecule has 13 heteroatoms. The van der Waals surface area contributed by atoms with Gasteiger partial charge in [0.05, 0.1) is 6.54 Å². The number of carboxylic acid groups (broad SMARTS) is 1. The maximum absolute atomic E-state index is 13.2. The van der Waals surface area contributed by atoms with E-state index in [1.54, 1.807) is 12.1 Å². The number of nitrogens with one attached hydrogen (secondary N) is 2. The molecule has 0 bridgehead atoms. The summed E-state index contributed by atoms with van der Waals surface area (Å²) in [5.74, 6) is -2.90. The second-order valence-electron chi connectivity index (χ2n) is 8.23. The zero-order valence-electron chi connectivity index (χ0n) is 19.4. The summed E-state index contributed by atoms with van der Waals surface area (Å²) < 4.78 is 0. The first-order valence-corrected chi connectivity index (χ1v) is 11.3.